The summed E-state index contributed by atoms with van der Waals surface area (Å²) < 4.78 is 0. The molecule has 1 aliphatic rings. The monoisotopic (exact) mass is 425 g/mol. The fourth-order valence-electron chi connectivity index (χ4n) is 6.26. The maximum atomic E-state index is 11.2. The number of rotatable bonds is 18. The van der Waals surface area contributed by atoms with Gasteiger partial charge in [0.15, 0.2) is 0 Å². The van der Waals surface area contributed by atoms with E-state index in [4.69, 9.17) is 0 Å². The molecule has 0 aromatic rings. The lowest BCUT2D eigenvalue weighted by Crippen LogP contribution is -2.67. The van der Waals surface area contributed by atoms with Crippen LogP contribution in [0.4, 0.5) is 0 Å². The van der Waals surface area contributed by atoms with Gasteiger partial charge in [0, 0.05) is 17.6 Å². The fourth-order valence-corrected chi connectivity index (χ4v) is 6.26. The van der Waals surface area contributed by atoms with Crippen molar-refractivity contribution in [1.82, 2.24) is 4.90 Å². The summed E-state index contributed by atoms with van der Waals surface area (Å²) in [6, 6.07) is 0. The molecule has 0 saturated carbocycles. The Morgan fingerprint density at radius 3 is 1.23 bits per heavy atom. The zero-order chi connectivity index (χ0) is 22.3. The summed E-state index contributed by atoms with van der Waals surface area (Å²) in [5.41, 5.74) is 0.145. The standard InChI is InChI=1S/C27H55NO2/c1-5-9-13-17-26(18-14-10-6-2)23-25(30)24-27(19-15-11-7-3,20-16-12-8-4)28(26)21-22-29/h25,29-30H,5-24H2,1-4H3. The predicted molar refractivity (Wildman–Crippen MR) is 131 cm³/mol. The topological polar surface area (TPSA) is 43.7 Å². The number of hydrogen-bond acceptors (Lipinski definition) is 3. The van der Waals surface area contributed by atoms with E-state index in [2.05, 4.69) is 32.6 Å². The van der Waals surface area contributed by atoms with Crippen LogP contribution >= 0.6 is 0 Å². The molecule has 3 heteroatoms. The molecule has 0 unspecified atom stereocenters. The van der Waals surface area contributed by atoms with Crippen LogP contribution in [0.2, 0.25) is 0 Å². The second-order valence-corrected chi connectivity index (χ2v) is 10.2. The van der Waals surface area contributed by atoms with Crippen molar-refractivity contribution in [2.75, 3.05) is 13.2 Å². The molecule has 0 aliphatic carbocycles. The Kier molecular flexibility index (Phi) is 14.6. The average Bonchev–Trinajstić information content (AvgIpc) is 2.71. The van der Waals surface area contributed by atoms with Gasteiger partial charge >= 0.3 is 0 Å². The van der Waals surface area contributed by atoms with E-state index < -0.39 is 0 Å². The van der Waals surface area contributed by atoms with Crippen LogP contribution in [-0.2, 0) is 0 Å². The second kappa shape index (κ2) is 15.6. The van der Waals surface area contributed by atoms with Crippen molar-refractivity contribution >= 4 is 0 Å². The van der Waals surface area contributed by atoms with Crippen LogP contribution in [0.1, 0.15) is 143 Å². The quantitative estimate of drug-likeness (QED) is 0.228. The molecular weight excluding hydrogens is 370 g/mol. The van der Waals surface area contributed by atoms with E-state index in [1.54, 1.807) is 0 Å². The Morgan fingerprint density at radius 2 is 0.967 bits per heavy atom. The van der Waals surface area contributed by atoms with E-state index in [0.717, 1.165) is 19.4 Å². The fraction of sp³-hybridized carbons (Fsp3) is 1.00. The molecule has 2 N–H and O–H groups in total. The largest absolute Gasteiger partial charge is 0.395 e. The highest BCUT2D eigenvalue weighted by Crippen LogP contribution is 2.48. The van der Waals surface area contributed by atoms with Crippen LogP contribution in [0, 0.1) is 0 Å². The molecule has 3 nitrogen and oxygen atoms in total. The summed E-state index contributed by atoms with van der Waals surface area (Å²) >= 11 is 0. The summed E-state index contributed by atoms with van der Waals surface area (Å²) in [6.07, 6.45) is 21.4. The van der Waals surface area contributed by atoms with Gasteiger partial charge in [0.2, 0.25) is 0 Å². The Morgan fingerprint density at radius 1 is 0.633 bits per heavy atom. The molecule has 1 heterocycles. The van der Waals surface area contributed by atoms with Crippen molar-refractivity contribution in [3.8, 4) is 0 Å². The van der Waals surface area contributed by atoms with Crippen molar-refractivity contribution in [2.24, 2.45) is 0 Å². The first-order valence-corrected chi connectivity index (χ1v) is 13.6. The van der Waals surface area contributed by atoms with E-state index in [1.807, 2.05) is 0 Å². The summed E-state index contributed by atoms with van der Waals surface area (Å²) in [5.74, 6) is 0. The van der Waals surface area contributed by atoms with Gasteiger partial charge in [0.1, 0.15) is 0 Å². The minimum atomic E-state index is -0.188. The van der Waals surface area contributed by atoms with Gasteiger partial charge in [-0.25, -0.2) is 0 Å². The van der Waals surface area contributed by atoms with Crippen molar-refractivity contribution < 1.29 is 10.2 Å². The lowest BCUT2D eigenvalue weighted by Gasteiger charge is -2.60. The third-order valence-corrected chi connectivity index (χ3v) is 7.68. The van der Waals surface area contributed by atoms with E-state index in [-0.39, 0.29) is 23.8 Å². The van der Waals surface area contributed by atoms with Gasteiger partial charge in [-0.05, 0) is 38.5 Å². The number of β-amino-alcohol motifs (C(OH)–C–C–N with tert-alkyl or cyclic N) is 1. The molecule has 0 spiro atoms. The van der Waals surface area contributed by atoms with Gasteiger partial charge < -0.3 is 10.2 Å². The zero-order valence-electron chi connectivity index (χ0n) is 21.1. The van der Waals surface area contributed by atoms with Crippen LogP contribution < -0.4 is 0 Å². The first-order chi connectivity index (χ1) is 14.5. The zero-order valence-corrected chi connectivity index (χ0v) is 21.1. The Balaban J connectivity index is 3.27. The molecule has 0 atom stereocenters. The number of aliphatic hydroxyl groups is 2. The van der Waals surface area contributed by atoms with Gasteiger partial charge in [-0.15, -0.1) is 0 Å². The summed E-state index contributed by atoms with van der Waals surface area (Å²) in [5, 5.41) is 21.3. The molecule has 1 rings (SSSR count). The van der Waals surface area contributed by atoms with Gasteiger partial charge in [-0.2, -0.15) is 0 Å². The molecule has 1 fully saturated rings. The number of aliphatic hydroxyl groups excluding tert-OH is 2. The molecule has 30 heavy (non-hydrogen) atoms. The lowest BCUT2D eigenvalue weighted by molar-refractivity contribution is -0.131. The molecule has 0 aromatic heterocycles. The van der Waals surface area contributed by atoms with Crippen LogP contribution in [0.15, 0.2) is 0 Å². The minimum Gasteiger partial charge on any atom is -0.395 e. The van der Waals surface area contributed by atoms with Crippen LogP contribution in [-0.4, -0.2) is 45.4 Å². The maximum Gasteiger partial charge on any atom is 0.0575 e. The average molecular weight is 426 g/mol. The highest BCUT2D eigenvalue weighted by Gasteiger charge is 2.52. The van der Waals surface area contributed by atoms with Gasteiger partial charge in [-0.1, -0.05) is 105 Å². The Hall–Kier alpha value is -0.120. The molecule has 1 saturated heterocycles. The highest BCUT2D eigenvalue weighted by atomic mass is 16.3. The number of hydrogen-bond donors (Lipinski definition) is 2. The molecule has 0 aromatic carbocycles. The normalized spacial score (nSPS) is 19.4. The molecular formula is C27H55NO2. The van der Waals surface area contributed by atoms with Crippen molar-refractivity contribution in [2.45, 2.75) is 160 Å². The molecule has 0 radical (unpaired) electrons. The van der Waals surface area contributed by atoms with Crippen molar-refractivity contribution in [3.63, 3.8) is 0 Å². The molecule has 1 aliphatic heterocycles. The smallest absolute Gasteiger partial charge is 0.0575 e. The van der Waals surface area contributed by atoms with E-state index in [0.29, 0.717) is 0 Å². The van der Waals surface area contributed by atoms with Gasteiger partial charge in [0.25, 0.3) is 0 Å². The first kappa shape index (κ1) is 27.9. The number of likely N-dealkylation sites (tertiary alicyclic amines) is 1. The van der Waals surface area contributed by atoms with Crippen LogP contribution in [0.25, 0.3) is 0 Å². The predicted octanol–water partition coefficient (Wildman–Crippen LogP) is 7.23. The third-order valence-electron chi connectivity index (χ3n) is 7.68. The maximum absolute atomic E-state index is 11.2. The van der Waals surface area contributed by atoms with Crippen LogP contribution in [0.3, 0.4) is 0 Å². The Bertz CT molecular complexity index is 358. The minimum absolute atomic E-state index is 0.0726. The second-order valence-electron chi connectivity index (χ2n) is 10.2. The van der Waals surface area contributed by atoms with Crippen molar-refractivity contribution in [3.05, 3.63) is 0 Å². The first-order valence-electron chi connectivity index (χ1n) is 13.6. The lowest BCUT2D eigenvalue weighted by atomic mass is 9.67. The summed E-state index contributed by atoms with van der Waals surface area (Å²) in [6.45, 7) is 10.1. The number of nitrogens with zero attached hydrogens (tertiary/aromatic N) is 1. The SMILES string of the molecule is CCCCCC1(CCCCC)CC(O)CC(CCCCC)(CCCCC)N1CCO. The summed E-state index contributed by atoms with van der Waals surface area (Å²) in [7, 11) is 0. The molecule has 0 amide bonds. The summed E-state index contributed by atoms with van der Waals surface area (Å²) in [4.78, 5) is 2.78. The van der Waals surface area contributed by atoms with E-state index in [9.17, 15) is 10.2 Å². The van der Waals surface area contributed by atoms with Gasteiger partial charge in [-0.3, -0.25) is 4.90 Å². The Labute approximate surface area is 189 Å². The molecule has 180 valence electrons. The molecule has 0 bridgehead atoms. The van der Waals surface area contributed by atoms with Crippen molar-refractivity contribution in [1.29, 1.82) is 0 Å². The van der Waals surface area contributed by atoms with E-state index in [1.165, 1.54) is 103 Å². The van der Waals surface area contributed by atoms with Gasteiger partial charge in [0.05, 0.1) is 12.7 Å². The third kappa shape index (κ3) is 8.43. The highest BCUT2D eigenvalue weighted by molar-refractivity contribution is 5.08. The van der Waals surface area contributed by atoms with Crippen LogP contribution in [0.5, 0.6) is 0 Å². The number of piperidine rings is 1. The van der Waals surface area contributed by atoms with E-state index >= 15 is 0 Å². The number of unbranched alkanes of at least 4 members (excludes halogenated alkanes) is 8.